The number of imidazole rings is 1. The molecule has 5 rings (SSSR count). The van der Waals surface area contributed by atoms with Crippen LogP contribution in [0.1, 0.15) is 40.5 Å². The van der Waals surface area contributed by atoms with E-state index in [2.05, 4.69) is 37.1 Å². The second-order valence-electron chi connectivity index (χ2n) is 7.97. The van der Waals surface area contributed by atoms with E-state index in [9.17, 15) is 4.79 Å². The molecule has 0 spiro atoms. The number of aromatic nitrogens is 4. The highest BCUT2D eigenvalue weighted by molar-refractivity contribution is 6.03. The van der Waals surface area contributed by atoms with Crippen LogP contribution in [-0.4, -0.2) is 25.5 Å². The Hall–Kier alpha value is -3.41. The zero-order chi connectivity index (χ0) is 20.1. The fourth-order valence-corrected chi connectivity index (χ4v) is 4.07. The Bertz CT molecular complexity index is 1220. The molecular weight excluding hydrogens is 362 g/mol. The van der Waals surface area contributed by atoms with Gasteiger partial charge < -0.3 is 10.3 Å². The van der Waals surface area contributed by atoms with Crippen molar-refractivity contribution in [1.29, 1.82) is 0 Å². The molecule has 2 aromatic heterocycles. The minimum Gasteiger partial charge on any atom is -0.338 e. The van der Waals surface area contributed by atoms with Crippen LogP contribution in [0.15, 0.2) is 42.5 Å². The van der Waals surface area contributed by atoms with E-state index in [1.807, 2.05) is 36.4 Å². The molecule has 0 fully saturated rings. The van der Waals surface area contributed by atoms with Crippen molar-refractivity contribution < 1.29 is 4.79 Å². The highest BCUT2D eigenvalue weighted by atomic mass is 16.1. The minimum atomic E-state index is 0.133. The molecule has 2 N–H and O–H groups in total. The summed E-state index contributed by atoms with van der Waals surface area (Å²) >= 11 is 0. The lowest BCUT2D eigenvalue weighted by molar-refractivity contribution is 0.0953. The average molecular weight is 385 g/mol. The molecule has 0 aliphatic heterocycles. The highest BCUT2D eigenvalue weighted by Crippen LogP contribution is 2.34. The van der Waals surface area contributed by atoms with Crippen molar-refractivity contribution in [2.45, 2.75) is 33.6 Å². The number of rotatable bonds is 3. The maximum Gasteiger partial charge on any atom is 0.229 e. The van der Waals surface area contributed by atoms with Crippen molar-refractivity contribution in [3.8, 4) is 5.95 Å². The van der Waals surface area contributed by atoms with Crippen LogP contribution < -0.4 is 5.32 Å². The third kappa shape index (κ3) is 2.92. The van der Waals surface area contributed by atoms with Crippen LogP contribution >= 0.6 is 0 Å². The molecule has 2 aromatic carbocycles. The number of fused-ring (bicyclic) bond motifs is 2. The Morgan fingerprint density at radius 3 is 2.76 bits per heavy atom. The van der Waals surface area contributed by atoms with Gasteiger partial charge in [0.25, 0.3) is 0 Å². The van der Waals surface area contributed by atoms with E-state index in [1.165, 1.54) is 5.56 Å². The number of aromatic amines is 1. The van der Waals surface area contributed by atoms with Gasteiger partial charge in [-0.2, -0.15) is 0 Å². The number of Topliss-reactive ketones (excluding diaryl/α,β-unsaturated/α-hetero) is 1. The van der Waals surface area contributed by atoms with Gasteiger partial charge in [0.15, 0.2) is 11.6 Å². The van der Waals surface area contributed by atoms with Crippen molar-refractivity contribution in [1.82, 2.24) is 19.7 Å². The number of nitrogens with zero attached hydrogens (tertiary/aromatic N) is 3. The number of hydrogen-bond acceptors (Lipinski definition) is 4. The Balaban J connectivity index is 1.67. The highest BCUT2D eigenvalue weighted by Gasteiger charge is 2.32. The monoisotopic (exact) mass is 385 g/mol. The Kier molecular flexibility index (Phi) is 4.01. The molecule has 0 radical (unpaired) electrons. The Labute approximate surface area is 169 Å². The molecule has 0 amide bonds. The van der Waals surface area contributed by atoms with E-state index in [0.29, 0.717) is 23.8 Å². The number of nitrogens with one attached hydrogen (secondary N) is 2. The van der Waals surface area contributed by atoms with Gasteiger partial charge >= 0.3 is 0 Å². The summed E-state index contributed by atoms with van der Waals surface area (Å²) < 4.78 is 1.80. The Morgan fingerprint density at radius 1 is 1.10 bits per heavy atom. The number of carbonyl (C=O) groups excluding carboxylic acids is 1. The first kappa shape index (κ1) is 17.7. The van der Waals surface area contributed by atoms with Gasteiger partial charge in [-0.25, -0.2) is 9.67 Å². The van der Waals surface area contributed by atoms with Gasteiger partial charge in [-0.05, 0) is 55.5 Å². The molecule has 1 aliphatic rings. The first-order chi connectivity index (χ1) is 14.0. The quantitative estimate of drug-likeness (QED) is 0.527. The molecule has 146 valence electrons. The molecule has 0 bridgehead atoms. The number of carbonyl (C=O) groups is 1. The lowest BCUT2D eigenvalue weighted by Crippen LogP contribution is -2.20. The molecule has 4 aromatic rings. The van der Waals surface area contributed by atoms with Crippen LogP contribution in [0.5, 0.6) is 0 Å². The van der Waals surface area contributed by atoms with E-state index in [4.69, 9.17) is 10.1 Å². The smallest absolute Gasteiger partial charge is 0.229 e. The molecule has 1 aliphatic carbocycles. The van der Waals surface area contributed by atoms with E-state index < -0.39 is 0 Å². The molecule has 0 saturated carbocycles. The van der Waals surface area contributed by atoms with E-state index in [1.54, 1.807) is 4.68 Å². The van der Waals surface area contributed by atoms with E-state index in [0.717, 1.165) is 34.4 Å². The first-order valence-corrected chi connectivity index (χ1v) is 9.94. The molecule has 6 heteroatoms. The molecule has 1 atom stereocenters. The molecular formula is C23H23N5O. The lowest BCUT2D eigenvalue weighted by atomic mass is 9.88. The number of anilines is 2. The number of hydrogen-bond donors (Lipinski definition) is 2. The maximum atomic E-state index is 13.0. The molecule has 29 heavy (non-hydrogen) atoms. The van der Waals surface area contributed by atoms with Gasteiger partial charge in [-0.3, -0.25) is 4.79 Å². The number of benzene rings is 2. The van der Waals surface area contributed by atoms with Crippen molar-refractivity contribution in [3.63, 3.8) is 0 Å². The van der Waals surface area contributed by atoms with Crippen molar-refractivity contribution in [2.24, 2.45) is 5.92 Å². The SMILES string of the molecule is Cc1cccc(Nc2nn(-c3nc4ccccc4[nH]3)c3c2C(=O)CC(C)C3)c1C. The predicted molar refractivity (Wildman–Crippen MR) is 114 cm³/mol. The van der Waals surface area contributed by atoms with Gasteiger partial charge in [0.05, 0.1) is 22.3 Å². The van der Waals surface area contributed by atoms with Gasteiger partial charge in [0, 0.05) is 12.1 Å². The predicted octanol–water partition coefficient (Wildman–Crippen LogP) is 4.87. The topological polar surface area (TPSA) is 75.6 Å². The molecule has 1 unspecified atom stereocenters. The van der Waals surface area contributed by atoms with Crippen LogP contribution in [0, 0.1) is 19.8 Å². The fraction of sp³-hybridized carbons (Fsp3) is 0.261. The lowest BCUT2D eigenvalue weighted by Gasteiger charge is -2.18. The van der Waals surface area contributed by atoms with E-state index in [-0.39, 0.29) is 11.7 Å². The molecule has 6 nitrogen and oxygen atoms in total. The summed E-state index contributed by atoms with van der Waals surface area (Å²) in [4.78, 5) is 21.0. The summed E-state index contributed by atoms with van der Waals surface area (Å²) in [7, 11) is 0. The van der Waals surface area contributed by atoms with Crippen LogP contribution in [0.4, 0.5) is 11.5 Å². The second-order valence-corrected chi connectivity index (χ2v) is 7.97. The van der Waals surface area contributed by atoms with Gasteiger partial charge in [-0.15, -0.1) is 5.10 Å². The van der Waals surface area contributed by atoms with Crippen LogP contribution in [0.3, 0.4) is 0 Å². The van der Waals surface area contributed by atoms with Crippen molar-refractivity contribution in [2.75, 3.05) is 5.32 Å². The van der Waals surface area contributed by atoms with Gasteiger partial charge in [0.2, 0.25) is 5.95 Å². The Morgan fingerprint density at radius 2 is 1.93 bits per heavy atom. The fourth-order valence-electron chi connectivity index (χ4n) is 4.07. The summed E-state index contributed by atoms with van der Waals surface area (Å²) in [5.74, 6) is 1.65. The molecule has 2 heterocycles. The van der Waals surface area contributed by atoms with Gasteiger partial charge in [0.1, 0.15) is 0 Å². The normalized spacial score (nSPS) is 16.2. The van der Waals surface area contributed by atoms with Crippen molar-refractivity contribution >= 4 is 28.3 Å². The second kappa shape index (κ2) is 6.58. The number of H-pyrrole nitrogens is 1. The zero-order valence-corrected chi connectivity index (χ0v) is 16.8. The van der Waals surface area contributed by atoms with Crippen LogP contribution in [0.25, 0.3) is 17.0 Å². The van der Waals surface area contributed by atoms with Crippen LogP contribution in [0.2, 0.25) is 0 Å². The third-order valence-electron chi connectivity index (χ3n) is 5.77. The number of ketones is 1. The summed E-state index contributed by atoms with van der Waals surface area (Å²) in [5.41, 5.74) is 6.74. The summed E-state index contributed by atoms with van der Waals surface area (Å²) in [6, 6.07) is 14.0. The first-order valence-electron chi connectivity index (χ1n) is 9.94. The standard InChI is InChI=1S/C23H23N5O/c1-13-11-19-21(20(29)12-13)22(24-16-10-6-7-14(2)15(16)3)27-28(19)23-25-17-8-4-5-9-18(17)26-23/h4-10,13H,11-12H2,1-3H3,(H,24,27)(H,25,26). The summed E-state index contributed by atoms with van der Waals surface area (Å²) in [6.07, 6.45) is 1.33. The average Bonchev–Trinajstić information content (AvgIpc) is 3.27. The molecule has 0 saturated heterocycles. The maximum absolute atomic E-state index is 13.0. The summed E-state index contributed by atoms with van der Waals surface area (Å²) in [6.45, 7) is 6.26. The van der Waals surface area contributed by atoms with Gasteiger partial charge in [-0.1, -0.05) is 31.2 Å². The minimum absolute atomic E-state index is 0.133. The third-order valence-corrected chi connectivity index (χ3v) is 5.77. The van der Waals surface area contributed by atoms with E-state index >= 15 is 0 Å². The van der Waals surface area contributed by atoms with Crippen molar-refractivity contribution in [3.05, 3.63) is 64.8 Å². The number of aryl methyl sites for hydroxylation is 1. The summed E-state index contributed by atoms with van der Waals surface area (Å²) in [5, 5.41) is 8.22. The number of para-hydroxylation sites is 2. The largest absolute Gasteiger partial charge is 0.338 e. The zero-order valence-electron chi connectivity index (χ0n) is 16.8. The van der Waals surface area contributed by atoms with Crippen LogP contribution in [-0.2, 0) is 6.42 Å².